The van der Waals surface area contributed by atoms with Gasteiger partial charge in [0.25, 0.3) is 0 Å². The van der Waals surface area contributed by atoms with Crippen LogP contribution < -0.4 is 10.6 Å². The van der Waals surface area contributed by atoms with E-state index in [1.54, 1.807) is 24.5 Å². The second-order valence-electron chi connectivity index (χ2n) is 4.23. The van der Waals surface area contributed by atoms with Crippen LogP contribution >= 0.6 is 0 Å². The molecule has 0 aliphatic heterocycles. The molecular weight excluding hydrogens is 260 g/mol. The molecule has 7 nitrogen and oxygen atoms in total. The van der Waals surface area contributed by atoms with Crippen LogP contribution in [-0.4, -0.2) is 16.5 Å². The summed E-state index contributed by atoms with van der Waals surface area (Å²) in [6.07, 6.45) is 1.56. The smallest absolute Gasteiger partial charge is 0.311 e. The Morgan fingerprint density at radius 1 is 1.45 bits per heavy atom. The highest BCUT2D eigenvalue weighted by Crippen LogP contribution is 2.27. The van der Waals surface area contributed by atoms with Gasteiger partial charge in [0, 0.05) is 12.6 Å². The first-order valence-corrected chi connectivity index (χ1v) is 6.31. The summed E-state index contributed by atoms with van der Waals surface area (Å²) >= 11 is 0. The Kier molecular flexibility index (Phi) is 4.19. The molecule has 0 spiro atoms. The van der Waals surface area contributed by atoms with E-state index in [1.807, 2.05) is 13.8 Å². The Morgan fingerprint density at radius 3 is 2.85 bits per heavy atom. The normalized spacial score (nSPS) is 11.9. The quantitative estimate of drug-likeness (QED) is 0.621. The number of furan rings is 1. The molecule has 1 unspecified atom stereocenters. The van der Waals surface area contributed by atoms with E-state index < -0.39 is 4.92 Å². The maximum Gasteiger partial charge on any atom is 0.311 e. The van der Waals surface area contributed by atoms with Crippen molar-refractivity contribution in [1.29, 1.82) is 0 Å². The summed E-state index contributed by atoms with van der Waals surface area (Å²) in [5.74, 6) is 1.50. The maximum atomic E-state index is 11.0. The van der Waals surface area contributed by atoms with E-state index >= 15 is 0 Å². The first-order chi connectivity index (χ1) is 9.61. The van der Waals surface area contributed by atoms with Crippen LogP contribution in [0.5, 0.6) is 0 Å². The van der Waals surface area contributed by atoms with E-state index in [0.29, 0.717) is 18.1 Å². The molecule has 7 heteroatoms. The van der Waals surface area contributed by atoms with Gasteiger partial charge in [-0.1, -0.05) is 0 Å². The van der Waals surface area contributed by atoms with Gasteiger partial charge < -0.3 is 15.1 Å². The molecule has 2 aromatic rings. The monoisotopic (exact) mass is 276 g/mol. The molecule has 0 radical (unpaired) electrons. The van der Waals surface area contributed by atoms with Gasteiger partial charge in [-0.3, -0.25) is 10.1 Å². The number of hydrogen-bond acceptors (Lipinski definition) is 6. The third-order valence-corrected chi connectivity index (χ3v) is 2.75. The summed E-state index contributed by atoms with van der Waals surface area (Å²) in [6.45, 7) is 4.48. The van der Waals surface area contributed by atoms with Crippen LogP contribution in [0.4, 0.5) is 17.3 Å². The average Bonchev–Trinajstić information content (AvgIpc) is 2.93. The van der Waals surface area contributed by atoms with Crippen LogP contribution in [0.1, 0.15) is 25.6 Å². The maximum absolute atomic E-state index is 11.0. The van der Waals surface area contributed by atoms with Crippen molar-refractivity contribution < 1.29 is 9.34 Å². The average molecular weight is 276 g/mol. The zero-order chi connectivity index (χ0) is 14.5. The van der Waals surface area contributed by atoms with Gasteiger partial charge in [0.1, 0.15) is 11.6 Å². The summed E-state index contributed by atoms with van der Waals surface area (Å²) in [4.78, 5) is 14.8. The summed E-state index contributed by atoms with van der Waals surface area (Å²) in [6, 6.07) is 6.38. The minimum atomic E-state index is -0.458. The van der Waals surface area contributed by atoms with Crippen molar-refractivity contribution in [2.24, 2.45) is 0 Å². The number of nitro groups is 1. The zero-order valence-electron chi connectivity index (χ0n) is 11.3. The molecule has 2 aromatic heterocycles. The number of rotatable bonds is 6. The fourth-order valence-corrected chi connectivity index (χ4v) is 1.80. The molecule has 2 N–H and O–H groups in total. The van der Waals surface area contributed by atoms with Crippen molar-refractivity contribution in [2.45, 2.75) is 19.9 Å². The number of nitrogens with one attached hydrogen (secondary N) is 2. The lowest BCUT2D eigenvalue weighted by atomic mass is 10.2. The van der Waals surface area contributed by atoms with Gasteiger partial charge in [0.15, 0.2) is 0 Å². The third-order valence-electron chi connectivity index (χ3n) is 2.75. The van der Waals surface area contributed by atoms with Gasteiger partial charge in [0.05, 0.1) is 17.2 Å². The van der Waals surface area contributed by atoms with Gasteiger partial charge >= 0.3 is 5.69 Å². The summed E-state index contributed by atoms with van der Waals surface area (Å²) in [5, 5.41) is 17.1. The molecule has 1 atom stereocenters. The van der Waals surface area contributed by atoms with Crippen molar-refractivity contribution in [3.63, 3.8) is 0 Å². The van der Waals surface area contributed by atoms with Gasteiger partial charge in [-0.05, 0) is 32.0 Å². The largest absolute Gasteiger partial charge is 0.467 e. The predicted molar refractivity (Wildman–Crippen MR) is 75.8 cm³/mol. The summed E-state index contributed by atoms with van der Waals surface area (Å²) in [5.41, 5.74) is -0.0648. The highest BCUT2D eigenvalue weighted by Gasteiger charge is 2.19. The third kappa shape index (κ3) is 3.05. The number of nitrogens with zero attached hydrogens (tertiary/aromatic N) is 2. The number of anilines is 2. The first-order valence-electron chi connectivity index (χ1n) is 6.31. The zero-order valence-corrected chi connectivity index (χ0v) is 11.3. The molecule has 0 saturated carbocycles. The van der Waals surface area contributed by atoms with Crippen molar-refractivity contribution in [3.05, 3.63) is 46.4 Å². The van der Waals surface area contributed by atoms with Crippen molar-refractivity contribution in [2.75, 3.05) is 17.2 Å². The van der Waals surface area contributed by atoms with E-state index in [2.05, 4.69) is 15.6 Å². The SMILES string of the molecule is CCNc1ccc([N+](=O)[O-])c(NC(C)c2ccco2)n1. The second-order valence-corrected chi connectivity index (χ2v) is 4.23. The minimum Gasteiger partial charge on any atom is -0.467 e. The molecule has 0 aliphatic rings. The van der Waals surface area contributed by atoms with Crippen molar-refractivity contribution >= 4 is 17.3 Å². The van der Waals surface area contributed by atoms with E-state index in [1.165, 1.54) is 6.07 Å². The van der Waals surface area contributed by atoms with Gasteiger partial charge in [0.2, 0.25) is 5.82 Å². The first kappa shape index (κ1) is 13.9. The number of aromatic nitrogens is 1. The Hall–Kier alpha value is -2.57. The lowest BCUT2D eigenvalue weighted by Crippen LogP contribution is -2.10. The Morgan fingerprint density at radius 2 is 2.25 bits per heavy atom. The molecule has 2 rings (SSSR count). The predicted octanol–water partition coefficient (Wildman–Crippen LogP) is 3.19. The molecule has 2 heterocycles. The number of pyridine rings is 1. The van der Waals surface area contributed by atoms with Gasteiger partial charge in [-0.25, -0.2) is 4.98 Å². The van der Waals surface area contributed by atoms with Crippen LogP contribution in [-0.2, 0) is 0 Å². The Labute approximate surface area is 116 Å². The molecule has 0 amide bonds. The molecular formula is C13H16N4O3. The highest BCUT2D eigenvalue weighted by atomic mass is 16.6. The van der Waals surface area contributed by atoms with Gasteiger partial charge in [-0.15, -0.1) is 0 Å². The van der Waals surface area contributed by atoms with Crippen LogP contribution in [0, 0.1) is 10.1 Å². The lowest BCUT2D eigenvalue weighted by molar-refractivity contribution is -0.384. The van der Waals surface area contributed by atoms with Crippen LogP contribution in [0.15, 0.2) is 34.9 Å². The summed E-state index contributed by atoms with van der Waals surface area (Å²) < 4.78 is 5.27. The topological polar surface area (TPSA) is 93.2 Å². The minimum absolute atomic E-state index is 0.0648. The van der Waals surface area contributed by atoms with E-state index in [4.69, 9.17) is 4.42 Å². The van der Waals surface area contributed by atoms with E-state index in [0.717, 1.165) is 0 Å². The fourth-order valence-electron chi connectivity index (χ4n) is 1.80. The standard InChI is InChI=1S/C13H16N4O3/c1-3-14-12-7-6-10(17(18)19)13(16-12)15-9(2)11-5-4-8-20-11/h4-9H,3H2,1-2H3,(H2,14,15,16). The van der Waals surface area contributed by atoms with Crippen molar-refractivity contribution in [3.8, 4) is 0 Å². The molecule has 0 fully saturated rings. The molecule has 106 valence electrons. The molecule has 0 aromatic carbocycles. The van der Waals surface area contributed by atoms with Crippen LogP contribution in [0.3, 0.4) is 0 Å². The molecule has 0 saturated heterocycles. The van der Waals surface area contributed by atoms with E-state index in [9.17, 15) is 10.1 Å². The van der Waals surface area contributed by atoms with Crippen molar-refractivity contribution in [1.82, 2.24) is 4.98 Å². The Bertz CT molecular complexity index is 583. The van der Waals surface area contributed by atoms with Crippen LogP contribution in [0.25, 0.3) is 0 Å². The van der Waals surface area contributed by atoms with E-state index in [-0.39, 0.29) is 17.5 Å². The molecule has 0 aliphatic carbocycles. The Balaban J connectivity index is 2.27. The van der Waals surface area contributed by atoms with Crippen LogP contribution in [0.2, 0.25) is 0 Å². The number of hydrogen-bond donors (Lipinski definition) is 2. The lowest BCUT2D eigenvalue weighted by Gasteiger charge is -2.13. The summed E-state index contributed by atoms with van der Waals surface area (Å²) in [7, 11) is 0. The highest BCUT2D eigenvalue weighted by molar-refractivity contribution is 5.60. The molecule has 20 heavy (non-hydrogen) atoms. The second kappa shape index (κ2) is 6.05. The van der Waals surface area contributed by atoms with Gasteiger partial charge in [-0.2, -0.15) is 0 Å². The fraction of sp³-hybridized carbons (Fsp3) is 0.308. The molecule has 0 bridgehead atoms.